The maximum absolute atomic E-state index is 13.4. The molecule has 34 heavy (non-hydrogen) atoms. The Morgan fingerprint density at radius 3 is 2.44 bits per heavy atom. The molecule has 0 aliphatic carbocycles. The van der Waals surface area contributed by atoms with E-state index in [4.69, 9.17) is 4.74 Å². The summed E-state index contributed by atoms with van der Waals surface area (Å²) in [6, 6.07) is 7.76. The van der Waals surface area contributed by atoms with E-state index in [1.165, 1.54) is 12.1 Å². The SMILES string of the molecule is CC(C)n1nccc1C(=O)N1CC[C@H](Oc2ccc(F)cc2)[C@@H](CC(=O)N2CCN(C)CC2)C1. The number of halogens is 1. The van der Waals surface area contributed by atoms with E-state index in [2.05, 4.69) is 17.0 Å². The molecule has 0 saturated carbocycles. The van der Waals surface area contributed by atoms with Gasteiger partial charge in [0.1, 0.15) is 23.4 Å². The lowest BCUT2D eigenvalue weighted by molar-refractivity contribution is -0.135. The lowest BCUT2D eigenvalue weighted by Gasteiger charge is -2.40. The van der Waals surface area contributed by atoms with Crippen LogP contribution >= 0.6 is 0 Å². The molecule has 8 nitrogen and oxygen atoms in total. The van der Waals surface area contributed by atoms with Crippen molar-refractivity contribution >= 4 is 11.8 Å². The van der Waals surface area contributed by atoms with Crippen LogP contribution in [0.25, 0.3) is 0 Å². The Morgan fingerprint density at radius 2 is 1.76 bits per heavy atom. The second-order valence-corrected chi connectivity index (χ2v) is 9.55. The molecular formula is C25H34FN5O3. The molecule has 0 unspecified atom stereocenters. The van der Waals surface area contributed by atoms with Crippen LogP contribution in [0.2, 0.25) is 0 Å². The van der Waals surface area contributed by atoms with E-state index in [-0.39, 0.29) is 35.7 Å². The third-order valence-corrected chi connectivity index (χ3v) is 6.72. The summed E-state index contributed by atoms with van der Waals surface area (Å²) in [5, 5.41) is 4.29. The Bertz CT molecular complexity index is 985. The van der Waals surface area contributed by atoms with Gasteiger partial charge in [0.2, 0.25) is 5.91 Å². The summed E-state index contributed by atoms with van der Waals surface area (Å²) < 4.78 is 21.3. The minimum absolute atomic E-state index is 0.0721. The van der Waals surface area contributed by atoms with E-state index in [1.54, 1.807) is 29.1 Å². The zero-order chi connectivity index (χ0) is 24.2. The smallest absolute Gasteiger partial charge is 0.272 e. The Morgan fingerprint density at radius 1 is 1.06 bits per heavy atom. The number of hydrogen-bond donors (Lipinski definition) is 0. The molecule has 2 aliphatic rings. The molecule has 2 aliphatic heterocycles. The van der Waals surface area contributed by atoms with Gasteiger partial charge in [-0.3, -0.25) is 14.3 Å². The van der Waals surface area contributed by atoms with Gasteiger partial charge >= 0.3 is 0 Å². The van der Waals surface area contributed by atoms with Crippen molar-refractivity contribution in [3.63, 3.8) is 0 Å². The number of piperidine rings is 1. The first kappa shape index (κ1) is 24.2. The number of likely N-dealkylation sites (N-methyl/N-ethyl adjacent to an activating group) is 1. The highest BCUT2D eigenvalue weighted by Gasteiger charge is 2.36. The molecule has 2 aromatic rings. The van der Waals surface area contributed by atoms with Crippen molar-refractivity contribution in [3.8, 4) is 5.75 Å². The summed E-state index contributed by atoms with van der Waals surface area (Å²) in [4.78, 5) is 32.4. The number of carbonyl (C=O) groups is 2. The Balaban J connectivity index is 1.49. The molecule has 2 fully saturated rings. The molecule has 2 amide bonds. The lowest BCUT2D eigenvalue weighted by Crippen LogP contribution is -2.51. The van der Waals surface area contributed by atoms with Gasteiger partial charge in [-0.25, -0.2) is 4.39 Å². The molecule has 9 heteroatoms. The highest BCUT2D eigenvalue weighted by atomic mass is 19.1. The van der Waals surface area contributed by atoms with Crippen LogP contribution < -0.4 is 4.74 Å². The summed E-state index contributed by atoms with van der Waals surface area (Å²) in [7, 11) is 2.06. The van der Waals surface area contributed by atoms with Crippen LogP contribution in [0.4, 0.5) is 4.39 Å². The van der Waals surface area contributed by atoms with E-state index in [0.29, 0.717) is 50.5 Å². The normalized spacial score (nSPS) is 21.7. The van der Waals surface area contributed by atoms with E-state index in [0.717, 1.165) is 13.1 Å². The fourth-order valence-corrected chi connectivity index (χ4v) is 4.70. The zero-order valence-corrected chi connectivity index (χ0v) is 20.2. The van der Waals surface area contributed by atoms with Crippen LogP contribution in [0.3, 0.4) is 0 Å². The number of hydrogen-bond acceptors (Lipinski definition) is 5. The fraction of sp³-hybridized carbons (Fsp3) is 0.560. The van der Waals surface area contributed by atoms with Gasteiger partial charge in [0, 0.05) is 70.3 Å². The van der Waals surface area contributed by atoms with Crippen LogP contribution in [0.5, 0.6) is 5.75 Å². The van der Waals surface area contributed by atoms with Crippen molar-refractivity contribution in [1.29, 1.82) is 0 Å². The Labute approximate surface area is 200 Å². The monoisotopic (exact) mass is 471 g/mol. The van der Waals surface area contributed by atoms with Crippen molar-refractivity contribution in [2.75, 3.05) is 46.3 Å². The molecule has 3 heterocycles. The van der Waals surface area contributed by atoms with Crippen LogP contribution in [0.1, 0.15) is 43.2 Å². The maximum atomic E-state index is 13.4. The summed E-state index contributed by atoms with van der Waals surface area (Å²) in [5.74, 6) is 0.0959. The Kier molecular flexibility index (Phi) is 7.50. The van der Waals surface area contributed by atoms with Crippen molar-refractivity contribution in [3.05, 3.63) is 48.0 Å². The standard InChI is InChI=1S/C25H34FN5O3/c1-18(2)31-22(8-10-27-31)25(33)30-11-9-23(34-21-6-4-20(26)5-7-21)19(17-30)16-24(32)29-14-12-28(3)13-15-29/h4-8,10,18-19,23H,9,11-17H2,1-3H3/t19-,23-/m0/s1. The molecule has 2 saturated heterocycles. The zero-order valence-electron chi connectivity index (χ0n) is 20.2. The fourth-order valence-electron chi connectivity index (χ4n) is 4.70. The van der Waals surface area contributed by atoms with Crippen molar-refractivity contribution < 1.29 is 18.7 Å². The average Bonchev–Trinajstić information content (AvgIpc) is 3.32. The van der Waals surface area contributed by atoms with Gasteiger partial charge in [-0.1, -0.05) is 0 Å². The molecule has 0 spiro atoms. The van der Waals surface area contributed by atoms with Crippen LogP contribution in [-0.4, -0.2) is 88.7 Å². The largest absolute Gasteiger partial charge is 0.490 e. The van der Waals surface area contributed by atoms with Gasteiger partial charge in [0.25, 0.3) is 5.91 Å². The maximum Gasteiger partial charge on any atom is 0.272 e. The number of rotatable bonds is 6. The molecule has 1 aromatic heterocycles. The summed E-state index contributed by atoms with van der Waals surface area (Å²) in [6.45, 7) is 8.06. The van der Waals surface area contributed by atoms with Crippen LogP contribution in [0.15, 0.2) is 36.5 Å². The van der Waals surface area contributed by atoms with Gasteiger partial charge in [0.15, 0.2) is 0 Å². The van der Waals surface area contributed by atoms with Gasteiger partial charge in [0.05, 0.1) is 0 Å². The van der Waals surface area contributed by atoms with Crippen LogP contribution in [-0.2, 0) is 4.79 Å². The van der Waals surface area contributed by atoms with Crippen molar-refractivity contribution in [1.82, 2.24) is 24.5 Å². The summed E-state index contributed by atoms with van der Waals surface area (Å²) >= 11 is 0. The Hall–Kier alpha value is -2.94. The molecular weight excluding hydrogens is 437 g/mol. The third kappa shape index (κ3) is 5.58. The second kappa shape index (κ2) is 10.5. The van der Waals surface area contributed by atoms with Gasteiger partial charge < -0.3 is 19.4 Å². The first-order valence-electron chi connectivity index (χ1n) is 12.0. The lowest BCUT2D eigenvalue weighted by atomic mass is 9.90. The summed E-state index contributed by atoms with van der Waals surface area (Å²) in [6.07, 6.45) is 2.31. The number of amides is 2. The van der Waals surface area contributed by atoms with Crippen molar-refractivity contribution in [2.45, 2.75) is 38.8 Å². The van der Waals surface area contributed by atoms with E-state index >= 15 is 0 Å². The quantitative estimate of drug-likeness (QED) is 0.648. The molecule has 4 rings (SSSR count). The molecule has 184 valence electrons. The molecule has 2 atom stereocenters. The number of nitrogens with zero attached hydrogens (tertiary/aromatic N) is 5. The topological polar surface area (TPSA) is 70.9 Å². The van der Waals surface area contributed by atoms with Gasteiger partial charge in [-0.05, 0) is 51.2 Å². The second-order valence-electron chi connectivity index (χ2n) is 9.55. The predicted molar refractivity (Wildman–Crippen MR) is 126 cm³/mol. The highest BCUT2D eigenvalue weighted by Crippen LogP contribution is 2.28. The van der Waals surface area contributed by atoms with Gasteiger partial charge in [-0.2, -0.15) is 5.10 Å². The molecule has 0 bridgehead atoms. The minimum atomic E-state index is -0.323. The number of piperazine rings is 1. The van der Waals surface area contributed by atoms with Crippen LogP contribution in [0, 0.1) is 11.7 Å². The minimum Gasteiger partial charge on any atom is -0.490 e. The first-order chi connectivity index (χ1) is 16.3. The predicted octanol–water partition coefficient (Wildman–Crippen LogP) is 2.68. The number of aromatic nitrogens is 2. The highest BCUT2D eigenvalue weighted by molar-refractivity contribution is 5.92. The number of ether oxygens (including phenoxy) is 1. The van der Waals surface area contributed by atoms with Gasteiger partial charge in [-0.15, -0.1) is 0 Å². The number of carbonyl (C=O) groups excluding carboxylic acids is 2. The van der Waals surface area contributed by atoms with E-state index in [9.17, 15) is 14.0 Å². The molecule has 0 radical (unpaired) electrons. The molecule has 0 N–H and O–H groups in total. The first-order valence-corrected chi connectivity index (χ1v) is 12.0. The third-order valence-electron chi connectivity index (χ3n) is 6.72. The molecule has 1 aromatic carbocycles. The van der Waals surface area contributed by atoms with Crippen molar-refractivity contribution in [2.24, 2.45) is 5.92 Å². The van der Waals surface area contributed by atoms with E-state index < -0.39 is 0 Å². The average molecular weight is 472 g/mol. The number of benzene rings is 1. The summed E-state index contributed by atoms with van der Waals surface area (Å²) in [5.41, 5.74) is 0.553. The number of likely N-dealkylation sites (tertiary alicyclic amines) is 1. The van der Waals surface area contributed by atoms with E-state index in [1.807, 2.05) is 23.6 Å².